The van der Waals surface area contributed by atoms with E-state index in [4.69, 9.17) is 13.9 Å². The number of aryl methyl sites for hydroxylation is 2. The topological polar surface area (TPSA) is 69.0 Å². The van der Waals surface area contributed by atoms with Crippen molar-refractivity contribution in [3.63, 3.8) is 0 Å². The molecule has 4 aromatic rings. The summed E-state index contributed by atoms with van der Waals surface area (Å²) in [6, 6.07) is 20.7. The van der Waals surface area contributed by atoms with Crippen LogP contribution < -0.4 is 10.2 Å². The highest BCUT2D eigenvalue weighted by molar-refractivity contribution is 5.99. The van der Waals surface area contributed by atoms with Gasteiger partial charge in [-0.3, -0.25) is 9.59 Å². The first-order valence-electron chi connectivity index (χ1n) is 12.1. The summed E-state index contributed by atoms with van der Waals surface area (Å²) in [5.74, 6) is 0.574. The van der Waals surface area contributed by atoms with Gasteiger partial charge in [0.1, 0.15) is 17.9 Å². The number of hydrogen-bond donors (Lipinski definition) is 0. The number of fused-ring (bicyclic) bond motifs is 2. The average Bonchev–Trinajstić information content (AvgIpc) is 3.17. The van der Waals surface area contributed by atoms with Crippen LogP contribution in [0.2, 0.25) is 0 Å². The van der Waals surface area contributed by atoms with Crippen molar-refractivity contribution in [1.29, 1.82) is 0 Å². The van der Waals surface area contributed by atoms with Crippen LogP contribution in [0, 0.1) is 13.8 Å². The van der Waals surface area contributed by atoms with Crippen molar-refractivity contribution in [2.75, 3.05) is 20.3 Å². The normalized spacial score (nSPS) is 14.9. The lowest BCUT2D eigenvalue weighted by Gasteiger charge is -2.25. The second-order valence-electron chi connectivity index (χ2n) is 9.20. The number of amides is 1. The third-order valence-corrected chi connectivity index (χ3v) is 6.77. The van der Waals surface area contributed by atoms with Crippen LogP contribution in [0.4, 0.5) is 0 Å². The molecule has 2 heterocycles. The predicted octanol–water partition coefficient (Wildman–Crippen LogP) is 5.57. The highest BCUT2D eigenvalue weighted by atomic mass is 16.5. The molecule has 6 heteroatoms. The largest absolute Gasteiger partial charge is 0.489 e. The lowest BCUT2D eigenvalue weighted by molar-refractivity contribution is 0.0708. The number of ether oxygens (including phenoxy) is 2. The van der Waals surface area contributed by atoms with E-state index in [1.54, 1.807) is 12.0 Å². The smallest absolute Gasteiger partial charge is 0.290 e. The highest BCUT2D eigenvalue weighted by Gasteiger charge is 2.42. The molecule has 0 saturated heterocycles. The fourth-order valence-electron chi connectivity index (χ4n) is 4.72. The van der Waals surface area contributed by atoms with Gasteiger partial charge in [0.25, 0.3) is 5.91 Å². The van der Waals surface area contributed by atoms with Crippen molar-refractivity contribution in [1.82, 2.24) is 4.90 Å². The fraction of sp³-hybridized carbons (Fsp3) is 0.267. The second-order valence-corrected chi connectivity index (χ2v) is 9.20. The molecule has 0 N–H and O–H groups in total. The number of nitrogens with zero attached hydrogens (tertiary/aromatic N) is 1. The summed E-state index contributed by atoms with van der Waals surface area (Å²) >= 11 is 0. The maximum absolute atomic E-state index is 13.7. The Labute approximate surface area is 210 Å². The number of methoxy groups -OCH3 is 1. The Bertz CT molecular complexity index is 1460. The van der Waals surface area contributed by atoms with Crippen LogP contribution in [0.3, 0.4) is 0 Å². The molecule has 5 rings (SSSR count). The zero-order valence-electron chi connectivity index (χ0n) is 20.7. The summed E-state index contributed by atoms with van der Waals surface area (Å²) < 4.78 is 17.2. The molecule has 0 fully saturated rings. The van der Waals surface area contributed by atoms with Gasteiger partial charge in [0.15, 0.2) is 5.43 Å². The molecular formula is C30H29NO5. The van der Waals surface area contributed by atoms with E-state index in [2.05, 4.69) is 0 Å². The molecule has 36 heavy (non-hydrogen) atoms. The van der Waals surface area contributed by atoms with E-state index in [0.29, 0.717) is 42.7 Å². The van der Waals surface area contributed by atoms with Crippen LogP contribution in [0.25, 0.3) is 11.0 Å². The van der Waals surface area contributed by atoms with Gasteiger partial charge < -0.3 is 18.8 Å². The summed E-state index contributed by atoms with van der Waals surface area (Å²) in [6.07, 6.45) is 0.650. The van der Waals surface area contributed by atoms with Crippen LogP contribution >= 0.6 is 0 Å². The van der Waals surface area contributed by atoms with E-state index in [1.165, 1.54) is 0 Å². The van der Waals surface area contributed by atoms with Gasteiger partial charge in [0, 0.05) is 20.3 Å². The van der Waals surface area contributed by atoms with Crippen molar-refractivity contribution >= 4 is 16.9 Å². The third-order valence-electron chi connectivity index (χ3n) is 6.77. The lowest BCUT2D eigenvalue weighted by atomic mass is 9.97. The SMILES string of the molecule is COCCCN1C(=O)c2oc3cc(C)c(C)cc3c(=O)c2C1c1ccc(OCc2ccccc2)cc1. The second kappa shape index (κ2) is 9.99. The number of carbonyl (C=O) groups excluding carboxylic acids is 1. The molecule has 0 saturated carbocycles. The quantitative estimate of drug-likeness (QED) is 0.307. The Hall–Kier alpha value is -3.90. The summed E-state index contributed by atoms with van der Waals surface area (Å²) in [4.78, 5) is 28.9. The molecule has 1 unspecified atom stereocenters. The Morgan fingerprint density at radius 3 is 2.39 bits per heavy atom. The maximum atomic E-state index is 13.7. The Morgan fingerprint density at radius 1 is 0.944 bits per heavy atom. The molecule has 184 valence electrons. The highest BCUT2D eigenvalue weighted by Crippen LogP contribution is 2.39. The molecule has 0 radical (unpaired) electrons. The molecule has 1 aliphatic rings. The molecule has 6 nitrogen and oxygen atoms in total. The van der Waals surface area contributed by atoms with Gasteiger partial charge in [-0.1, -0.05) is 42.5 Å². The zero-order valence-corrected chi connectivity index (χ0v) is 20.7. The van der Waals surface area contributed by atoms with Crippen LogP contribution in [0.5, 0.6) is 5.75 Å². The summed E-state index contributed by atoms with van der Waals surface area (Å²) in [5.41, 5.74) is 4.61. The van der Waals surface area contributed by atoms with Gasteiger partial charge in [-0.2, -0.15) is 0 Å². The minimum absolute atomic E-state index is 0.127. The molecule has 0 bridgehead atoms. The molecule has 3 aromatic carbocycles. The molecule has 1 atom stereocenters. The maximum Gasteiger partial charge on any atom is 0.290 e. The zero-order chi connectivity index (χ0) is 25.2. The van der Waals surface area contributed by atoms with Gasteiger partial charge in [-0.25, -0.2) is 0 Å². The fourth-order valence-corrected chi connectivity index (χ4v) is 4.72. The van der Waals surface area contributed by atoms with Gasteiger partial charge >= 0.3 is 0 Å². The first kappa shape index (κ1) is 23.8. The van der Waals surface area contributed by atoms with Crippen molar-refractivity contribution in [2.24, 2.45) is 0 Å². The van der Waals surface area contributed by atoms with E-state index in [9.17, 15) is 9.59 Å². The summed E-state index contributed by atoms with van der Waals surface area (Å²) in [5, 5.41) is 0.496. The lowest BCUT2D eigenvalue weighted by Crippen LogP contribution is -2.31. The molecule has 0 aliphatic carbocycles. The van der Waals surface area contributed by atoms with Gasteiger partial charge in [-0.15, -0.1) is 0 Å². The van der Waals surface area contributed by atoms with Crippen molar-refractivity contribution in [2.45, 2.75) is 32.9 Å². The Balaban J connectivity index is 1.53. The van der Waals surface area contributed by atoms with Gasteiger partial charge in [-0.05, 0) is 66.8 Å². The van der Waals surface area contributed by atoms with Crippen LogP contribution in [-0.2, 0) is 11.3 Å². The monoisotopic (exact) mass is 483 g/mol. The molecule has 1 amide bonds. The van der Waals surface area contributed by atoms with Crippen LogP contribution in [0.15, 0.2) is 75.9 Å². The average molecular weight is 484 g/mol. The van der Waals surface area contributed by atoms with E-state index in [-0.39, 0.29) is 17.1 Å². The van der Waals surface area contributed by atoms with Crippen molar-refractivity contribution in [3.8, 4) is 5.75 Å². The summed E-state index contributed by atoms with van der Waals surface area (Å²) in [7, 11) is 1.63. The summed E-state index contributed by atoms with van der Waals surface area (Å²) in [6.45, 7) is 5.35. The van der Waals surface area contributed by atoms with E-state index >= 15 is 0 Å². The first-order valence-corrected chi connectivity index (χ1v) is 12.1. The molecule has 1 aromatic heterocycles. The van der Waals surface area contributed by atoms with Gasteiger partial charge in [0.2, 0.25) is 5.76 Å². The Morgan fingerprint density at radius 2 is 1.67 bits per heavy atom. The molecule has 1 aliphatic heterocycles. The minimum Gasteiger partial charge on any atom is -0.489 e. The predicted molar refractivity (Wildman–Crippen MR) is 139 cm³/mol. The number of benzene rings is 3. The number of rotatable bonds is 8. The first-order chi connectivity index (χ1) is 17.5. The van der Waals surface area contributed by atoms with E-state index < -0.39 is 6.04 Å². The molecular weight excluding hydrogens is 454 g/mol. The van der Waals surface area contributed by atoms with E-state index in [0.717, 1.165) is 28.0 Å². The minimum atomic E-state index is -0.533. The van der Waals surface area contributed by atoms with Crippen molar-refractivity contribution in [3.05, 3.63) is 111 Å². The van der Waals surface area contributed by atoms with Gasteiger partial charge in [0.05, 0.1) is 17.0 Å². The molecule has 0 spiro atoms. The van der Waals surface area contributed by atoms with Crippen LogP contribution in [-0.4, -0.2) is 31.1 Å². The van der Waals surface area contributed by atoms with E-state index in [1.807, 2.05) is 80.6 Å². The number of hydrogen-bond acceptors (Lipinski definition) is 5. The number of carbonyl (C=O) groups is 1. The third kappa shape index (κ3) is 4.40. The van der Waals surface area contributed by atoms with Crippen molar-refractivity contribution < 1.29 is 18.7 Å². The Kier molecular flexibility index (Phi) is 6.61. The standard InChI is InChI=1S/C30H29NO5/c1-19-16-24-25(17-20(19)2)36-29-26(28(24)32)27(31(30(29)33)14-7-15-34-3)22-10-12-23(13-11-22)35-18-21-8-5-4-6-9-21/h4-6,8-13,16-17,27H,7,14-15,18H2,1-3H3. The van der Waals surface area contributed by atoms with Crippen LogP contribution in [0.1, 0.15) is 50.8 Å².